The molecule has 12 heteroatoms. The van der Waals surface area contributed by atoms with Crippen molar-refractivity contribution < 1.29 is 42.4 Å². The lowest BCUT2D eigenvalue weighted by atomic mass is 9.93. The smallest absolute Gasteiger partial charge is 0.431 e. The van der Waals surface area contributed by atoms with Crippen LogP contribution in [0.3, 0.4) is 0 Å². The normalized spacial score (nSPS) is 15.7. The molecule has 1 saturated heterocycles. The van der Waals surface area contributed by atoms with Crippen molar-refractivity contribution in [2.75, 3.05) is 26.3 Å². The Labute approximate surface area is 193 Å². The number of hydrogen-bond acceptors (Lipinski definition) is 6. The van der Waals surface area contributed by atoms with Gasteiger partial charge in [-0.25, -0.2) is 9.59 Å². The van der Waals surface area contributed by atoms with Crippen LogP contribution in [0, 0.1) is 18.3 Å². The fourth-order valence-corrected chi connectivity index (χ4v) is 3.35. The summed E-state index contributed by atoms with van der Waals surface area (Å²) < 4.78 is 47.2. The number of carboxylic acid groups (broad SMARTS) is 2. The summed E-state index contributed by atoms with van der Waals surface area (Å²) in [6.45, 7) is 5.34. The van der Waals surface area contributed by atoms with Crippen LogP contribution < -0.4 is 5.32 Å². The van der Waals surface area contributed by atoms with Crippen LogP contribution in [0.15, 0.2) is 18.2 Å². The van der Waals surface area contributed by atoms with Gasteiger partial charge in [-0.3, -0.25) is 0 Å². The van der Waals surface area contributed by atoms with E-state index in [1.54, 1.807) is 13.0 Å². The molecule has 2 aromatic rings. The number of alkyl halides is 3. The number of halogens is 3. The van der Waals surface area contributed by atoms with Crippen LogP contribution in [0.25, 0.3) is 0 Å². The van der Waals surface area contributed by atoms with Gasteiger partial charge >= 0.3 is 18.1 Å². The second kappa shape index (κ2) is 11.6. The van der Waals surface area contributed by atoms with E-state index >= 15 is 0 Å². The van der Waals surface area contributed by atoms with Gasteiger partial charge in [-0.15, -0.1) is 0 Å². The summed E-state index contributed by atoms with van der Waals surface area (Å²) in [5, 5.41) is 30.1. The molecule has 1 aliphatic rings. The summed E-state index contributed by atoms with van der Waals surface area (Å²) in [5.74, 6) is -2.26. The van der Waals surface area contributed by atoms with Gasteiger partial charge in [-0.05, 0) is 37.1 Å². The lowest BCUT2D eigenvalue weighted by molar-refractivity contribution is -0.140. The molecule has 1 aromatic heterocycles. The van der Waals surface area contributed by atoms with Gasteiger partial charge in [-0.2, -0.15) is 18.4 Å². The monoisotopic (exact) mass is 483 g/mol. The minimum Gasteiger partial charge on any atom is -0.478 e. The first-order valence-electron chi connectivity index (χ1n) is 10.2. The van der Waals surface area contributed by atoms with Gasteiger partial charge in [0, 0.05) is 19.7 Å². The Hall–Kier alpha value is -3.40. The van der Waals surface area contributed by atoms with Gasteiger partial charge in [0.1, 0.15) is 11.8 Å². The van der Waals surface area contributed by atoms with Crippen molar-refractivity contribution in [3.05, 3.63) is 57.4 Å². The topological polar surface area (TPSA) is 145 Å². The highest BCUT2D eigenvalue weighted by Gasteiger charge is 2.33. The SMILES string of the molecule is CCOCc1[nH]c(C(F)(F)F)cc1C#N.Cc1c(C(=O)O)ccc(C2CNCCO2)c1C(=O)O. The molecule has 0 amide bonds. The number of ether oxygens (including phenoxy) is 2. The van der Waals surface area contributed by atoms with E-state index in [1.165, 1.54) is 19.1 Å². The number of carbonyl (C=O) groups is 2. The number of morpholine rings is 1. The van der Waals surface area contributed by atoms with Crippen molar-refractivity contribution in [2.45, 2.75) is 32.7 Å². The fourth-order valence-electron chi connectivity index (χ4n) is 3.35. The average molecular weight is 483 g/mol. The fraction of sp³-hybridized carbons (Fsp3) is 0.409. The van der Waals surface area contributed by atoms with E-state index in [0.29, 0.717) is 25.3 Å². The molecule has 1 unspecified atom stereocenters. The van der Waals surface area contributed by atoms with Gasteiger partial charge in [-0.1, -0.05) is 6.07 Å². The standard InChI is InChI=1S/C13H15NO5.C9H9F3N2O/c1-7-8(12(15)16)2-3-9(11(7)13(17)18)10-6-14-4-5-19-10;1-2-15-5-7-6(4-13)3-8(14-7)9(10,11)12/h2-3,10,14H,4-6H2,1H3,(H,15,16)(H,17,18);3,14H,2,5H2,1H3. The molecular formula is C22H24F3N3O6. The zero-order chi connectivity index (χ0) is 25.5. The Bertz CT molecular complexity index is 1070. The van der Waals surface area contributed by atoms with Gasteiger partial charge in [0.2, 0.25) is 0 Å². The molecule has 34 heavy (non-hydrogen) atoms. The third-order valence-corrected chi connectivity index (χ3v) is 4.99. The lowest BCUT2D eigenvalue weighted by Gasteiger charge is -2.26. The lowest BCUT2D eigenvalue weighted by Crippen LogP contribution is -2.34. The second-order valence-corrected chi connectivity index (χ2v) is 7.20. The summed E-state index contributed by atoms with van der Waals surface area (Å²) in [6.07, 6.45) is -4.82. The number of benzene rings is 1. The van der Waals surface area contributed by atoms with E-state index in [2.05, 4.69) is 10.3 Å². The molecule has 1 fully saturated rings. The number of nitrogens with zero attached hydrogens (tertiary/aromatic N) is 1. The zero-order valence-electron chi connectivity index (χ0n) is 18.5. The third kappa shape index (κ3) is 6.57. The van der Waals surface area contributed by atoms with Gasteiger partial charge in [0.25, 0.3) is 0 Å². The molecular weight excluding hydrogens is 459 g/mol. The maximum absolute atomic E-state index is 12.3. The van der Waals surface area contributed by atoms with Crippen LogP contribution in [-0.2, 0) is 22.3 Å². The Morgan fingerprint density at radius 2 is 2.00 bits per heavy atom. The second-order valence-electron chi connectivity index (χ2n) is 7.20. The van der Waals surface area contributed by atoms with Gasteiger partial charge in [0.05, 0.1) is 41.7 Å². The highest BCUT2D eigenvalue weighted by Crippen LogP contribution is 2.30. The summed E-state index contributed by atoms with van der Waals surface area (Å²) >= 11 is 0. The average Bonchev–Trinajstić information content (AvgIpc) is 3.22. The van der Waals surface area contributed by atoms with Crippen LogP contribution in [0.5, 0.6) is 0 Å². The van der Waals surface area contributed by atoms with E-state index in [1.807, 2.05) is 0 Å². The van der Waals surface area contributed by atoms with E-state index < -0.39 is 23.8 Å². The molecule has 1 aromatic carbocycles. The Kier molecular flexibility index (Phi) is 9.19. The molecule has 4 N–H and O–H groups in total. The van der Waals surface area contributed by atoms with Crippen LogP contribution in [0.4, 0.5) is 13.2 Å². The first kappa shape index (κ1) is 26.8. The molecule has 3 rings (SSSR count). The molecule has 1 atom stereocenters. The summed E-state index contributed by atoms with van der Waals surface area (Å²) in [5.41, 5.74) is 0.00333. The quantitative estimate of drug-likeness (QED) is 0.489. The predicted molar refractivity (Wildman–Crippen MR) is 113 cm³/mol. The molecule has 0 aliphatic carbocycles. The molecule has 2 heterocycles. The van der Waals surface area contributed by atoms with E-state index in [9.17, 15) is 27.9 Å². The Morgan fingerprint density at radius 3 is 2.50 bits per heavy atom. The highest BCUT2D eigenvalue weighted by atomic mass is 19.4. The third-order valence-electron chi connectivity index (χ3n) is 4.99. The minimum atomic E-state index is -4.46. The van der Waals surface area contributed by atoms with Crippen LogP contribution in [0.1, 0.15) is 61.8 Å². The Balaban J connectivity index is 0.000000248. The van der Waals surface area contributed by atoms with E-state index in [4.69, 9.17) is 19.8 Å². The number of hydrogen-bond donors (Lipinski definition) is 4. The molecule has 184 valence electrons. The van der Waals surface area contributed by atoms with Crippen molar-refractivity contribution in [2.24, 2.45) is 0 Å². The van der Waals surface area contributed by atoms with Crippen molar-refractivity contribution in [3.63, 3.8) is 0 Å². The minimum absolute atomic E-state index is 0.00455. The van der Waals surface area contributed by atoms with Crippen molar-refractivity contribution in [3.8, 4) is 6.07 Å². The Morgan fingerprint density at radius 1 is 1.29 bits per heavy atom. The zero-order valence-corrected chi connectivity index (χ0v) is 18.5. The van der Waals surface area contributed by atoms with Crippen molar-refractivity contribution in [1.29, 1.82) is 5.26 Å². The molecule has 0 radical (unpaired) electrons. The number of aromatic carboxylic acids is 2. The number of rotatable bonds is 6. The first-order chi connectivity index (χ1) is 16.0. The number of nitrogens with one attached hydrogen (secondary N) is 2. The number of aromatic nitrogens is 1. The summed E-state index contributed by atoms with van der Waals surface area (Å²) in [7, 11) is 0. The molecule has 9 nitrogen and oxygen atoms in total. The number of aromatic amines is 1. The highest BCUT2D eigenvalue weighted by molar-refractivity contribution is 5.97. The number of nitriles is 1. The molecule has 0 saturated carbocycles. The van der Waals surface area contributed by atoms with Crippen molar-refractivity contribution in [1.82, 2.24) is 10.3 Å². The van der Waals surface area contributed by atoms with E-state index in [0.717, 1.165) is 12.6 Å². The maximum Gasteiger partial charge on any atom is 0.431 e. The first-order valence-corrected chi connectivity index (χ1v) is 10.2. The van der Waals surface area contributed by atoms with Gasteiger partial charge in [0.15, 0.2) is 0 Å². The maximum atomic E-state index is 12.3. The molecule has 1 aliphatic heterocycles. The van der Waals surface area contributed by atoms with Gasteiger partial charge < -0.3 is 30.0 Å². The van der Waals surface area contributed by atoms with E-state index in [-0.39, 0.29) is 40.7 Å². The van der Waals surface area contributed by atoms with Crippen LogP contribution in [-0.4, -0.2) is 53.4 Å². The molecule has 0 spiro atoms. The number of H-pyrrole nitrogens is 1. The van der Waals surface area contributed by atoms with Crippen LogP contribution >= 0.6 is 0 Å². The molecule has 0 bridgehead atoms. The van der Waals surface area contributed by atoms with Crippen LogP contribution in [0.2, 0.25) is 0 Å². The largest absolute Gasteiger partial charge is 0.478 e. The predicted octanol–water partition coefficient (Wildman–Crippen LogP) is 3.49. The van der Waals surface area contributed by atoms with Crippen molar-refractivity contribution >= 4 is 11.9 Å². The number of carboxylic acids is 2. The summed E-state index contributed by atoms with van der Waals surface area (Å²) in [4.78, 5) is 24.6. The summed E-state index contributed by atoms with van der Waals surface area (Å²) in [6, 6.07) is 5.43.